The number of fused-ring (bicyclic) bond motifs is 1. The summed E-state index contributed by atoms with van der Waals surface area (Å²) in [5.74, 6) is -1.50. The van der Waals surface area contributed by atoms with Gasteiger partial charge in [0, 0.05) is 10.9 Å². The number of halogens is 3. The molecule has 2 unspecified atom stereocenters. The van der Waals surface area contributed by atoms with Crippen LogP contribution in [0.4, 0.5) is 10.1 Å². The molecule has 2 aliphatic heterocycles. The summed E-state index contributed by atoms with van der Waals surface area (Å²) in [6.07, 6.45) is 0. The number of hydrogen-bond donors (Lipinski definition) is 0. The number of alkyl halides is 1. The molecule has 2 saturated heterocycles. The standard InChI is InChI=1S/C13H11Cl2FN2O3S2/c14-4-12(19)17-13-18(7-1-2-8(15)9(16)3-7)10-5-23(20,21)6-11(10)22-13/h1-3,10-11H,4-6H2. The van der Waals surface area contributed by atoms with Crippen LogP contribution in [-0.4, -0.2) is 48.2 Å². The minimum atomic E-state index is -3.17. The molecule has 2 heterocycles. The lowest BCUT2D eigenvalue weighted by atomic mass is 10.2. The Labute approximate surface area is 146 Å². The molecule has 3 rings (SSSR count). The van der Waals surface area contributed by atoms with Crippen LogP contribution in [-0.2, 0) is 14.6 Å². The Bertz CT molecular complexity index is 800. The van der Waals surface area contributed by atoms with E-state index in [4.69, 9.17) is 23.2 Å². The lowest BCUT2D eigenvalue weighted by Crippen LogP contribution is -2.37. The lowest BCUT2D eigenvalue weighted by molar-refractivity contribution is -0.115. The summed E-state index contributed by atoms with van der Waals surface area (Å²) in [4.78, 5) is 17.0. The molecule has 0 radical (unpaired) electrons. The number of anilines is 1. The van der Waals surface area contributed by atoms with Crippen molar-refractivity contribution < 1.29 is 17.6 Å². The molecule has 2 fully saturated rings. The predicted molar refractivity (Wildman–Crippen MR) is 90.9 cm³/mol. The van der Waals surface area contributed by atoms with E-state index in [2.05, 4.69) is 4.99 Å². The average molecular weight is 397 g/mol. The zero-order chi connectivity index (χ0) is 16.8. The molecule has 0 spiro atoms. The smallest absolute Gasteiger partial charge is 0.262 e. The van der Waals surface area contributed by atoms with Crippen LogP contribution in [0.15, 0.2) is 23.2 Å². The summed E-state index contributed by atoms with van der Waals surface area (Å²) in [5, 5.41) is 0.0504. The van der Waals surface area contributed by atoms with Gasteiger partial charge in [0.05, 0.1) is 22.6 Å². The van der Waals surface area contributed by atoms with Crippen molar-refractivity contribution >= 4 is 61.6 Å². The molecule has 1 aromatic carbocycles. The third-order valence-electron chi connectivity index (χ3n) is 3.58. The molecule has 5 nitrogen and oxygen atoms in total. The molecule has 2 aliphatic rings. The van der Waals surface area contributed by atoms with Crippen LogP contribution in [0, 0.1) is 5.82 Å². The third-order valence-corrected chi connectivity index (χ3v) is 7.33. The Morgan fingerprint density at radius 3 is 2.83 bits per heavy atom. The van der Waals surface area contributed by atoms with Crippen molar-refractivity contribution in [3.63, 3.8) is 0 Å². The first-order valence-electron chi connectivity index (χ1n) is 6.59. The van der Waals surface area contributed by atoms with Gasteiger partial charge in [0.25, 0.3) is 5.91 Å². The number of benzene rings is 1. The van der Waals surface area contributed by atoms with Crippen LogP contribution >= 0.6 is 35.0 Å². The van der Waals surface area contributed by atoms with Gasteiger partial charge in [-0.15, -0.1) is 11.6 Å². The fourth-order valence-electron chi connectivity index (χ4n) is 2.64. The topological polar surface area (TPSA) is 66.8 Å². The molecule has 0 saturated carbocycles. The van der Waals surface area contributed by atoms with E-state index in [9.17, 15) is 17.6 Å². The van der Waals surface area contributed by atoms with Gasteiger partial charge < -0.3 is 4.90 Å². The molecule has 124 valence electrons. The second-order valence-electron chi connectivity index (χ2n) is 5.19. The normalized spacial score (nSPS) is 27.4. The van der Waals surface area contributed by atoms with Crippen LogP contribution < -0.4 is 4.90 Å². The SMILES string of the molecule is O=C(CCl)N=C1SC2CS(=O)(=O)CC2N1c1ccc(Cl)c(F)c1. The first-order chi connectivity index (χ1) is 10.8. The molecule has 23 heavy (non-hydrogen) atoms. The Kier molecular flexibility index (Phi) is 4.61. The van der Waals surface area contributed by atoms with Gasteiger partial charge in [-0.3, -0.25) is 4.79 Å². The van der Waals surface area contributed by atoms with Crippen LogP contribution in [0.25, 0.3) is 0 Å². The van der Waals surface area contributed by atoms with Crippen molar-refractivity contribution in [1.29, 1.82) is 0 Å². The maximum absolute atomic E-state index is 13.8. The summed E-state index contributed by atoms with van der Waals surface area (Å²) in [5.41, 5.74) is 0.408. The minimum absolute atomic E-state index is 0.00297. The second-order valence-corrected chi connectivity index (χ2v) is 9.23. The zero-order valence-electron chi connectivity index (χ0n) is 11.6. The van der Waals surface area contributed by atoms with Crippen molar-refractivity contribution in [3.8, 4) is 0 Å². The van der Waals surface area contributed by atoms with Gasteiger partial charge >= 0.3 is 0 Å². The molecule has 0 aliphatic carbocycles. The Balaban J connectivity index is 2.04. The monoisotopic (exact) mass is 396 g/mol. The van der Waals surface area contributed by atoms with Crippen molar-refractivity contribution in [2.24, 2.45) is 4.99 Å². The van der Waals surface area contributed by atoms with E-state index in [-0.39, 0.29) is 27.7 Å². The molecule has 0 aromatic heterocycles. The van der Waals surface area contributed by atoms with Crippen molar-refractivity contribution in [1.82, 2.24) is 0 Å². The van der Waals surface area contributed by atoms with Crippen molar-refractivity contribution in [2.45, 2.75) is 11.3 Å². The van der Waals surface area contributed by atoms with E-state index >= 15 is 0 Å². The number of nitrogens with zero attached hydrogens (tertiary/aromatic N) is 2. The average Bonchev–Trinajstić information content (AvgIpc) is 2.93. The van der Waals surface area contributed by atoms with Crippen molar-refractivity contribution in [3.05, 3.63) is 29.0 Å². The number of thioether (sulfide) groups is 1. The number of carbonyl (C=O) groups excluding carboxylic acids is 1. The fraction of sp³-hybridized carbons (Fsp3) is 0.385. The third kappa shape index (κ3) is 3.35. The number of amidine groups is 1. The largest absolute Gasteiger partial charge is 0.315 e. The van der Waals surface area contributed by atoms with Gasteiger partial charge in [-0.05, 0) is 18.2 Å². The van der Waals surface area contributed by atoms with E-state index in [0.29, 0.717) is 10.9 Å². The first kappa shape index (κ1) is 17.0. The number of rotatable bonds is 2. The summed E-state index contributed by atoms with van der Waals surface area (Å²) in [7, 11) is -3.17. The maximum Gasteiger partial charge on any atom is 0.262 e. The highest BCUT2D eigenvalue weighted by Crippen LogP contribution is 2.41. The van der Waals surface area contributed by atoms with Crippen LogP contribution in [0.2, 0.25) is 5.02 Å². The highest BCUT2D eigenvalue weighted by atomic mass is 35.5. The predicted octanol–water partition coefficient (Wildman–Crippen LogP) is 2.32. The Morgan fingerprint density at radius 2 is 2.17 bits per heavy atom. The summed E-state index contributed by atoms with van der Waals surface area (Å²) in [6, 6.07) is 3.76. The van der Waals surface area contributed by atoms with E-state index in [1.54, 1.807) is 11.0 Å². The van der Waals surface area contributed by atoms with E-state index in [1.807, 2.05) is 0 Å². The minimum Gasteiger partial charge on any atom is -0.315 e. The second kappa shape index (κ2) is 6.23. The van der Waals surface area contributed by atoms with Crippen LogP contribution in [0.5, 0.6) is 0 Å². The number of sulfone groups is 1. The molecule has 2 atom stereocenters. The van der Waals surface area contributed by atoms with Crippen LogP contribution in [0.3, 0.4) is 0 Å². The molecule has 0 bridgehead atoms. The highest BCUT2D eigenvalue weighted by Gasteiger charge is 2.49. The molecule has 1 aromatic rings. The van der Waals surface area contributed by atoms with E-state index < -0.39 is 27.6 Å². The van der Waals surface area contributed by atoms with Crippen molar-refractivity contribution in [2.75, 3.05) is 22.3 Å². The molecule has 10 heteroatoms. The van der Waals surface area contributed by atoms with Gasteiger partial charge in [-0.1, -0.05) is 23.4 Å². The fourth-order valence-corrected chi connectivity index (χ4v) is 6.75. The zero-order valence-corrected chi connectivity index (χ0v) is 14.7. The maximum atomic E-state index is 13.8. The number of carbonyl (C=O) groups is 1. The lowest BCUT2D eigenvalue weighted by Gasteiger charge is -2.24. The summed E-state index contributed by atoms with van der Waals surface area (Å²) >= 11 is 12.4. The quantitative estimate of drug-likeness (QED) is 0.717. The van der Waals surface area contributed by atoms with E-state index in [1.165, 1.54) is 23.9 Å². The number of hydrogen-bond acceptors (Lipinski definition) is 4. The van der Waals surface area contributed by atoms with Gasteiger partial charge in [-0.2, -0.15) is 4.99 Å². The van der Waals surface area contributed by atoms with Gasteiger partial charge in [0.2, 0.25) is 0 Å². The van der Waals surface area contributed by atoms with Gasteiger partial charge in [0.15, 0.2) is 15.0 Å². The number of aliphatic imine (C=N–C) groups is 1. The Hall–Kier alpha value is -0.830. The highest BCUT2D eigenvalue weighted by molar-refractivity contribution is 8.16. The molecular weight excluding hydrogens is 386 g/mol. The molecule has 0 N–H and O–H groups in total. The summed E-state index contributed by atoms with van der Waals surface area (Å²) < 4.78 is 37.5. The molecular formula is C13H11Cl2FN2O3S2. The molecule has 1 amide bonds. The Morgan fingerprint density at radius 1 is 1.43 bits per heavy atom. The van der Waals surface area contributed by atoms with Gasteiger partial charge in [-0.25, -0.2) is 12.8 Å². The van der Waals surface area contributed by atoms with Crippen LogP contribution in [0.1, 0.15) is 0 Å². The number of amides is 1. The van der Waals surface area contributed by atoms with E-state index in [0.717, 1.165) is 0 Å². The van der Waals surface area contributed by atoms with Gasteiger partial charge in [0.1, 0.15) is 11.7 Å². The first-order valence-corrected chi connectivity index (χ1v) is 10.2. The summed E-state index contributed by atoms with van der Waals surface area (Å²) in [6.45, 7) is 0.